The number of rotatable bonds is 8. The lowest BCUT2D eigenvalue weighted by Gasteiger charge is -2.40. The number of carbonyl (C=O) groups is 2. The molecule has 0 rings (SSSR count). The lowest BCUT2D eigenvalue weighted by Crippen LogP contribution is -2.45. The zero-order valence-corrected chi connectivity index (χ0v) is 15.9. The second-order valence-electron chi connectivity index (χ2n) is 6.95. The Morgan fingerprint density at radius 1 is 1.23 bits per heavy atom. The third-order valence-corrected chi connectivity index (χ3v) is 8.63. The van der Waals surface area contributed by atoms with Gasteiger partial charge in [-0.2, -0.15) is 0 Å². The van der Waals surface area contributed by atoms with Crippen LogP contribution in [0.25, 0.3) is 0 Å². The molecule has 0 aromatic heterocycles. The van der Waals surface area contributed by atoms with Crippen molar-refractivity contribution in [1.29, 1.82) is 0 Å². The van der Waals surface area contributed by atoms with E-state index in [0.717, 1.165) is 6.29 Å². The van der Waals surface area contributed by atoms with Crippen LogP contribution in [0.3, 0.4) is 0 Å². The Morgan fingerprint density at radius 3 is 2.27 bits per heavy atom. The molecule has 0 heterocycles. The molecule has 0 unspecified atom stereocenters. The highest BCUT2D eigenvalue weighted by Gasteiger charge is 2.39. The highest BCUT2D eigenvalue weighted by atomic mass is 28.4. The normalized spacial score (nSPS) is 16.0. The van der Waals surface area contributed by atoms with Crippen molar-refractivity contribution in [1.82, 2.24) is 0 Å². The molecule has 0 saturated carbocycles. The van der Waals surface area contributed by atoms with Gasteiger partial charge in [0.15, 0.2) is 8.32 Å². The molecule has 0 radical (unpaired) electrons. The van der Waals surface area contributed by atoms with E-state index in [0.29, 0.717) is 6.42 Å². The Hall–Kier alpha value is -1.20. The van der Waals surface area contributed by atoms with Crippen LogP contribution in [0.5, 0.6) is 0 Å². The van der Waals surface area contributed by atoms with Crippen LogP contribution in [0, 0.1) is 5.92 Å². The maximum atomic E-state index is 11.0. The first-order valence-electron chi connectivity index (χ1n) is 7.59. The largest absolute Gasteiger partial charge is 0.466 e. The number of methoxy groups -OCH3 is 1. The average Bonchev–Trinajstić information content (AvgIpc) is 2.41. The van der Waals surface area contributed by atoms with Gasteiger partial charge in [0.2, 0.25) is 0 Å². The predicted molar refractivity (Wildman–Crippen MR) is 92.2 cm³/mol. The topological polar surface area (TPSA) is 52.6 Å². The monoisotopic (exact) mass is 326 g/mol. The van der Waals surface area contributed by atoms with Crippen LogP contribution < -0.4 is 0 Å². The molecule has 0 aliphatic rings. The molecule has 2 atom stereocenters. The highest BCUT2D eigenvalue weighted by Crippen LogP contribution is 2.38. The number of esters is 1. The summed E-state index contributed by atoms with van der Waals surface area (Å²) in [5.41, 5.74) is 0. The summed E-state index contributed by atoms with van der Waals surface area (Å²) in [6.07, 6.45) is 7.86. The van der Waals surface area contributed by atoms with Crippen LogP contribution >= 0.6 is 0 Å². The number of allylic oxidation sites excluding steroid dienone is 2. The van der Waals surface area contributed by atoms with Crippen LogP contribution in [-0.4, -0.2) is 33.8 Å². The first-order chi connectivity index (χ1) is 10.0. The van der Waals surface area contributed by atoms with Crippen molar-refractivity contribution in [2.75, 3.05) is 7.11 Å². The van der Waals surface area contributed by atoms with E-state index in [2.05, 4.69) is 38.6 Å². The van der Waals surface area contributed by atoms with Gasteiger partial charge in [-0.15, -0.1) is 0 Å². The number of ether oxygens (including phenoxy) is 1. The van der Waals surface area contributed by atoms with E-state index in [1.165, 1.54) is 13.2 Å². The summed E-state index contributed by atoms with van der Waals surface area (Å²) in [5.74, 6) is -0.305. The van der Waals surface area contributed by atoms with E-state index in [9.17, 15) is 9.59 Å². The standard InChI is InChI=1S/C17H30O4Si/c1-14(10-8-9-11-16(19)20-5)15(12-13-18)21-22(6,7)17(2,3)4/h8-11,13-15H,12H2,1-7H3/b10-8+,11-9-/t14-,15+/m1/s1. The van der Waals surface area contributed by atoms with E-state index in [1.54, 1.807) is 12.2 Å². The predicted octanol–water partition coefficient (Wildman–Crippen LogP) is 3.89. The lowest BCUT2D eigenvalue weighted by atomic mass is 10.0. The molecular formula is C17H30O4Si. The minimum absolute atomic E-state index is 0.0848. The third-order valence-electron chi connectivity index (χ3n) is 4.13. The Labute approximate surface area is 135 Å². The molecule has 0 aromatic carbocycles. The van der Waals surface area contributed by atoms with E-state index in [-0.39, 0.29) is 23.0 Å². The van der Waals surface area contributed by atoms with E-state index in [4.69, 9.17) is 4.43 Å². The third kappa shape index (κ3) is 7.18. The van der Waals surface area contributed by atoms with Crippen LogP contribution in [0.15, 0.2) is 24.3 Å². The first kappa shape index (κ1) is 20.8. The fourth-order valence-corrected chi connectivity index (χ4v) is 3.01. The van der Waals surface area contributed by atoms with E-state index >= 15 is 0 Å². The maximum absolute atomic E-state index is 11.0. The lowest BCUT2D eigenvalue weighted by molar-refractivity contribution is -0.134. The van der Waals surface area contributed by atoms with Crippen LogP contribution in [0.2, 0.25) is 18.1 Å². The van der Waals surface area contributed by atoms with E-state index < -0.39 is 8.32 Å². The maximum Gasteiger partial charge on any atom is 0.330 e. The molecule has 0 saturated heterocycles. The zero-order chi connectivity index (χ0) is 17.4. The van der Waals surface area contributed by atoms with Crippen molar-refractivity contribution in [3.8, 4) is 0 Å². The van der Waals surface area contributed by atoms with Crippen LogP contribution in [-0.2, 0) is 18.8 Å². The van der Waals surface area contributed by atoms with Gasteiger partial charge in [0.1, 0.15) is 6.29 Å². The summed E-state index contributed by atoms with van der Waals surface area (Å²) in [6.45, 7) is 12.9. The molecule has 0 aromatic rings. The van der Waals surface area contributed by atoms with Gasteiger partial charge in [0, 0.05) is 12.5 Å². The van der Waals surface area contributed by atoms with Crippen LogP contribution in [0.1, 0.15) is 34.1 Å². The molecule has 0 amide bonds. The average molecular weight is 327 g/mol. The van der Waals surface area contributed by atoms with E-state index in [1.807, 2.05) is 13.0 Å². The minimum atomic E-state index is -1.92. The molecule has 4 nitrogen and oxygen atoms in total. The van der Waals surface area contributed by atoms with Gasteiger partial charge in [0.25, 0.3) is 0 Å². The van der Waals surface area contributed by atoms with Gasteiger partial charge < -0.3 is 14.0 Å². The molecule has 0 aliphatic heterocycles. The molecule has 0 aliphatic carbocycles. The zero-order valence-electron chi connectivity index (χ0n) is 14.9. The Bertz CT molecular complexity index is 419. The molecule has 0 spiro atoms. The summed E-state index contributed by atoms with van der Waals surface area (Å²) in [4.78, 5) is 21.9. The van der Waals surface area contributed by atoms with Gasteiger partial charge in [-0.3, -0.25) is 0 Å². The molecule has 5 heteroatoms. The quantitative estimate of drug-likeness (QED) is 0.223. The second-order valence-corrected chi connectivity index (χ2v) is 11.7. The van der Waals surface area contributed by atoms with Gasteiger partial charge in [-0.1, -0.05) is 45.9 Å². The summed E-state index contributed by atoms with van der Waals surface area (Å²) < 4.78 is 10.9. The fourth-order valence-electron chi connectivity index (χ4n) is 1.59. The molecule has 0 N–H and O–H groups in total. The summed E-state index contributed by atoms with van der Waals surface area (Å²) in [6, 6.07) is 0. The first-order valence-corrected chi connectivity index (χ1v) is 10.5. The van der Waals surface area contributed by atoms with Gasteiger partial charge >= 0.3 is 5.97 Å². The minimum Gasteiger partial charge on any atom is -0.466 e. The summed E-state index contributed by atoms with van der Waals surface area (Å²) in [5, 5.41) is 0.0996. The van der Waals surface area contributed by atoms with Crippen molar-refractivity contribution in [2.24, 2.45) is 5.92 Å². The van der Waals surface area contributed by atoms with Gasteiger partial charge in [0.05, 0.1) is 13.2 Å². The number of hydrogen-bond donors (Lipinski definition) is 0. The molecule has 0 fully saturated rings. The smallest absolute Gasteiger partial charge is 0.330 e. The molecule has 126 valence electrons. The van der Waals surface area contributed by atoms with Crippen molar-refractivity contribution < 1.29 is 18.8 Å². The number of carbonyl (C=O) groups excluding carboxylic acids is 2. The van der Waals surface area contributed by atoms with Gasteiger partial charge in [-0.25, -0.2) is 4.79 Å². The van der Waals surface area contributed by atoms with Gasteiger partial charge in [-0.05, 0) is 24.1 Å². The Kier molecular flexibility index (Phi) is 8.56. The summed E-state index contributed by atoms with van der Waals surface area (Å²) >= 11 is 0. The van der Waals surface area contributed by atoms with Crippen molar-refractivity contribution in [2.45, 2.75) is 58.4 Å². The molecular weight excluding hydrogens is 296 g/mol. The van der Waals surface area contributed by atoms with Crippen molar-refractivity contribution in [3.05, 3.63) is 24.3 Å². The summed E-state index contributed by atoms with van der Waals surface area (Å²) in [7, 11) is -0.585. The van der Waals surface area contributed by atoms with Crippen molar-refractivity contribution in [3.63, 3.8) is 0 Å². The Morgan fingerprint density at radius 2 is 1.82 bits per heavy atom. The van der Waals surface area contributed by atoms with Crippen molar-refractivity contribution >= 4 is 20.6 Å². The molecule has 22 heavy (non-hydrogen) atoms. The number of aldehydes is 1. The van der Waals surface area contributed by atoms with Crippen LogP contribution in [0.4, 0.5) is 0 Å². The second kappa shape index (κ2) is 9.05. The fraction of sp³-hybridized carbons (Fsp3) is 0.647. The number of hydrogen-bond acceptors (Lipinski definition) is 4. The molecule has 0 bridgehead atoms. The SMILES string of the molecule is COC(=O)/C=C\C=C\[C@@H](C)[C@H](CC=O)O[Si](C)(C)C(C)(C)C. The Balaban J connectivity index is 4.88. The highest BCUT2D eigenvalue weighted by molar-refractivity contribution is 6.74.